The number of hydrogen-bond acceptors (Lipinski definition) is 19. The number of benzene rings is 10. The maximum Gasteiger partial charge on any atom is 2.00 e. The van der Waals surface area contributed by atoms with Crippen LogP contribution in [0.4, 0.5) is 0 Å². The third-order valence-electron chi connectivity index (χ3n) is 20.0. The van der Waals surface area contributed by atoms with Gasteiger partial charge >= 0.3 is 69.2 Å². The number of fused-ring (bicyclic) bond motifs is 4. The average Bonchev–Trinajstić information content (AvgIpc) is 1.70. The maximum atomic E-state index is 13.9. The monoisotopic (exact) mass is 1560 g/mol. The van der Waals surface area contributed by atoms with Gasteiger partial charge in [-0.3, -0.25) is 9.80 Å². The van der Waals surface area contributed by atoms with E-state index in [4.69, 9.17) is 4.74 Å². The van der Waals surface area contributed by atoms with Gasteiger partial charge in [0.15, 0.2) is 0 Å². The molecule has 14 aromatic rings. The predicted octanol–water partition coefficient (Wildman–Crippen LogP) is 9.56. The number of aromatic nitrogens is 12. The summed E-state index contributed by atoms with van der Waals surface area (Å²) < 4.78 is 4.94. The summed E-state index contributed by atoms with van der Waals surface area (Å²) in [5.41, 5.74) is 15.8. The van der Waals surface area contributed by atoms with Crippen LogP contribution in [0.1, 0.15) is 107 Å². The van der Waals surface area contributed by atoms with E-state index in [1.807, 2.05) is 234 Å². The second-order valence-corrected chi connectivity index (χ2v) is 28.8. The molecule has 17 rings (SSSR count). The van der Waals surface area contributed by atoms with Crippen LogP contribution < -0.4 is 30.6 Å². The molecule has 3 aliphatic heterocycles. The van der Waals surface area contributed by atoms with E-state index in [2.05, 4.69) is 60.4 Å². The van der Waals surface area contributed by atoms with Crippen molar-refractivity contribution in [3.05, 3.63) is 262 Å². The van der Waals surface area contributed by atoms with E-state index in [9.17, 15) is 30.6 Å². The number of ether oxygens (including phenoxy) is 1. The first-order chi connectivity index (χ1) is 54.2. The van der Waals surface area contributed by atoms with Crippen molar-refractivity contribution < 1.29 is 35.4 Å². The summed E-state index contributed by atoms with van der Waals surface area (Å²) in [4.78, 5) is 15.2. The third-order valence-corrected chi connectivity index (χ3v) is 20.0. The summed E-state index contributed by atoms with van der Waals surface area (Å²) in [6.45, 7) is 18.8. The molecule has 0 bridgehead atoms. The molecule has 0 atom stereocenters. The number of aryl methyl sites for hydroxylation is 4. The number of rotatable bonds is 20. The number of nitrogens with zero attached hydrogens (tertiary/aromatic N) is 16. The van der Waals surface area contributed by atoms with Crippen molar-refractivity contribution in [3.8, 4) is 45.7 Å². The van der Waals surface area contributed by atoms with Gasteiger partial charge in [-0.1, -0.05) is 180 Å². The van der Waals surface area contributed by atoms with Crippen molar-refractivity contribution in [1.82, 2.24) is 79.6 Å². The molecule has 10 aromatic carbocycles. The van der Waals surface area contributed by atoms with E-state index in [1.54, 1.807) is 0 Å². The summed E-state index contributed by atoms with van der Waals surface area (Å²) in [7, 11) is 0. The van der Waals surface area contributed by atoms with Gasteiger partial charge in [-0.05, 0) is 210 Å². The molecule has 23 nitrogen and oxygen atoms in total. The van der Waals surface area contributed by atoms with E-state index in [-0.39, 0.29) is 105 Å². The first-order valence-corrected chi connectivity index (χ1v) is 38.4. The van der Waals surface area contributed by atoms with Crippen molar-refractivity contribution >= 4 is 113 Å². The van der Waals surface area contributed by atoms with Crippen LogP contribution in [0, 0.1) is 27.7 Å². The van der Waals surface area contributed by atoms with Gasteiger partial charge in [0, 0.05) is 65.6 Å². The molecule has 0 unspecified atom stereocenters. The van der Waals surface area contributed by atoms with Crippen molar-refractivity contribution in [2.45, 2.75) is 118 Å². The summed E-state index contributed by atoms with van der Waals surface area (Å²) >= 11 is 0. The SMILES string of the molecule is C1CCOC1.Cc1cc(CN(CCN2CCCCC2)Cc2cc(C)cc(-n3nc4ccccc4n3)c2[O-])c([O-])c(-n2nc3ccccc3n2)c1.Cc1cc(CN(CCN2CCCCC2)Cc2cc(C)cc(-n3nc4ccccc4n3)c2[O-])c([O-])c(-n2nc3ccccc3n2)c1.[Mg+2].[Mg+2].[Mg+2].[O-]Cc1ccccc1.[O-]Cc1ccccc1. The fraction of sp³-hybridized carbons (Fsp3) is 0.318. The summed E-state index contributed by atoms with van der Waals surface area (Å²) in [6.07, 6.45) is 9.90. The Balaban J connectivity index is 0.000000187. The van der Waals surface area contributed by atoms with E-state index >= 15 is 0 Å². The van der Waals surface area contributed by atoms with Gasteiger partial charge in [-0.2, -0.15) is 19.2 Å². The van der Waals surface area contributed by atoms with Gasteiger partial charge < -0.3 is 45.2 Å². The first-order valence-electron chi connectivity index (χ1n) is 38.4. The molecule has 0 N–H and O–H groups in total. The minimum absolute atomic E-state index is 0. The molecule has 114 heavy (non-hydrogen) atoms. The zero-order valence-electron chi connectivity index (χ0n) is 65.7. The van der Waals surface area contributed by atoms with Gasteiger partial charge in [-0.15, -0.1) is 54.0 Å². The van der Waals surface area contributed by atoms with E-state index in [0.29, 0.717) is 71.2 Å². The molecule has 3 fully saturated rings. The van der Waals surface area contributed by atoms with Crippen LogP contribution in [0.15, 0.2) is 206 Å². The van der Waals surface area contributed by atoms with Gasteiger partial charge in [0.1, 0.15) is 44.1 Å². The molecule has 7 heterocycles. The molecule has 26 heteroatoms. The summed E-state index contributed by atoms with van der Waals surface area (Å²) in [6, 6.07) is 64.1. The standard InChI is InChI=1S/2C35H38N8O2.2C7H7O.C4H8O.3Mg/c2*1-24-18-26(34(44)32(20-24)42-36-28-10-4-5-11-29(28)37-42)22-41(17-16-40-14-8-3-9-15-40)23-27-19-25(2)21-33(35(27)45)43-38-30-12-6-7-13-31(30)39-43;2*8-6-7-4-2-1-3-5-7;1-2-4-5-3-1;;;/h2*4-7,10-13,18-21,44-45H,3,8-9,14-17,22-23H2,1-2H3;2*1-5H,6H2;1-4H2;;;/q;;2*-1;;3*+2/p-4. The van der Waals surface area contributed by atoms with Crippen LogP contribution in [0.25, 0.3) is 66.9 Å². The number of likely N-dealkylation sites (tertiary alicyclic amines) is 2. The quantitative estimate of drug-likeness (QED) is 0.0642. The Morgan fingerprint density at radius 2 is 0.535 bits per heavy atom. The topological polar surface area (TPSA) is 283 Å². The van der Waals surface area contributed by atoms with Gasteiger partial charge in [0.05, 0.1) is 22.7 Å². The Labute approximate surface area is 714 Å². The second kappa shape index (κ2) is 43.1. The minimum atomic E-state index is -0.110. The Kier molecular flexibility index (Phi) is 33.1. The maximum absolute atomic E-state index is 13.9. The zero-order valence-corrected chi connectivity index (χ0v) is 70.0. The fourth-order valence-electron chi connectivity index (χ4n) is 14.2. The van der Waals surface area contributed by atoms with E-state index in [1.165, 1.54) is 70.6 Å². The van der Waals surface area contributed by atoms with Gasteiger partial charge in [0.25, 0.3) is 0 Å². The van der Waals surface area contributed by atoms with Crippen LogP contribution in [0.2, 0.25) is 0 Å². The van der Waals surface area contributed by atoms with Gasteiger partial charge in [0.2, 0.25) is 0 Å². The molecular weight excluding hydrogens is 1470 g/mol. The van der Waals surface area contributed by atoms with Crippen LogP contribution in [0.3, 0.4) is 0 Å². The molecule has 0 aliphatic carbocycles. The number of piperidine rings is 2. The molecule has 0 saturated carbocycles. The Morgan fingerprint density at radius 3 is 0.737 bits per heavy atom. The summed E-state index contributed by atoms with van der Waals surface area (Å²) in [5, 5.41) is 113. The molecule has 0 spiro atoms. The molecule has 3 saturated heterocycles. The van der Waals surface area contributed by atoms with Crippen molar-refractivity contribution in [3.63, 3.8) is 0 Å². The fourth-order valence-corrected chi connectivity index (χ4v) is 14.2. The zero-order chi connectivity index (χ0) is 77.0. The normalized spacial score (nSPS) is 13.5. The van der Waals surface area contributed by atoms with E-state index < -0.39 is 0 Å². The van der Waals surface area contributed by atoms with Crippen molar-refractivity contribution in [2.75, 3.05) is 65.6 Å². The largest absolute Gasteiger partial charge is 2.00 e. The van der Waals surface area contributed by atoms with E-state index in [0.717, 1.165) is 143 Å². The smallest absolute Gasteiger partial charge is 0.871 e. The molecule has 0 amide bonds. The first kappa shape index (κ1) is 87.4. The van der Waals surface area contributed by atoms with Crippen molar-refractivity contribution in [1.29, 1.82) is 0 Å². The predicted molar refractivity (Wildman–Crippen MR) is 439 cm³/mol. The van der Waals surface area contributed by atoms with Crippen LogP contribution in [-0.2, 0) is 44.1 Å². The van der Waals surface area contributed by atoms with Crippen LogP contribution >= 0.6 is 0 Å². The Morgan fingerprint density at radius 1 is 0.307 bits per heavy atom. The minimum Gasteiger partial charge on any atom is -0.871 e. The number of hydrogen-bond donors (Lipinski definition) is 0. The third kappa shape index (κ3) is 23.4. The van der Waals surface area contributed by atoms with Crippen molar-refractivity contribution in [2.24, 2.45) is 0 Å². The second-order valence-electron chi connectivity index (χ2n) is 28.8. The van der Waals surface area contributed by atoms with Crippen LogP contribution in [0.5, 0.6) is 23.0 Å². The van der Waals surface area contributed by atoms with Gasteiger partial charge in [-0.25, -0.2) is 0 Å². The summed E-state index contributed by atoms with van der Waals surface area (Å²) in [5.74, 6) is -0.431. The Bertz CT molecular complexity index is 4630. The molecule has 4 aromatic heterocycles. The average molecular weight is 1560 g/mol. The Hall–Kier alpha value is -8.98. The molecule has 574 valence electrons. The molecule has 0 radical (unpaired) electrons. The molecular formula is C88H94Mg3N16O7. The van der Waals surface area contributed by atoms with Crippen LogP contribution in [-0.4, -0.2) is 214 Å². The molecule has 3 aliphatic rings.